The molecule has 0 atom stereocenters. The fourth-order valence-electron chi connectivity index (χ4n) is 1.62. The molecule has 0 aliphatic rings. The van der Waals surface area contributed by atoms with Crippen LogP contribution in [0.1, 0.15) is 11.4 Å². The van der Waals surface area contributed by atoms with E-state index >= 15 is 0 Å². The summed E-state index contributed by atoms with van der Waals surface area (Å²) < 4.78 is 27.5. The molecule has 4 nitrogen and oxygen atoms in total. The lowest BCUT2D eigenvalue weighted by atomic mass is 10.2. The number of benzene rings is 1. The molecule has 0 aliphatic carbocycles. The van der Waals surface area contributed by atoms with E-state index in [9.17, 15) is 8.78 Å². The van der Waals surface area contributed by atoms with Crippen LogP contribution in [-0.4, -0.2) is 21.3 Å². The minimum absolute atomic E-state index is 0.495. The highest BCUT2D eigenvalue weighted by Crippen LogP contribution is 2.08. The number of halogens is 2. The molecular weight excluding hydrogens is 238 g/mol. The molecule has 0 fully saturated rings. The Morgan fingerprint density at radius 3 is 2.78 bits per heavy atom. The maximum absolute atomic E-state index is 12.9. The summed E-state index contributed by atoms with van der Waals surface area (Å²) in [6, 6.07) is 3.90. The van der Waals surface area contributed by atoms with Gasteiger partial charge in [0, 0.05) is 26.6 Å². The molecule has 1 N–H and O–H groups in total. The summed E-state index contributed by atoms with van der Waals surface area (Å²) in [6.07, 6.45) is 2.38. The highest BCUT2D eigenvalue weighted by Gasteiger charge is 2.03. The smallest absolute Gasteiger partial charge is 0.159 e. The maximum atomic E-state index is 12.9. The third-order valence-corrected chi connectivity index (χ3v) is 2.64. The zero-order valence-electron chi connectivity index (χ0n) is 10.0. The standard InChI is InChI=1S/C12H14F2N4/c1-18-8-16-17-12(18)4-5-15-7-9-2-3-10(13)11(14)6-9/h2-3,6,8,15H,4-5,7H2,1H3. The van der Waals surface area contributed by atoms with Gasteiger partial charge in [-0.3, -0.25) is 0 Å². The number of hydrogen-bond donors (Lipinski definition) is 1. The van der Waals surface area contributed by atoms with Gasteiger partial charge in [-0.2, -0.15) is 0 Å². The molecule has 0 spiro atoms. The summed E-state index contributed by atoms with van der Waals surface area (Å²) >= 11 is 0. The largest absolute Gasteiger partial charge is 0.321 e. The molecular formula is C12H14F2N4. The van der Waals surface area contributed by atoms with E-state index in [1.54, 1.807) is 12.4 Å². The molecule has 1 aromatic carbocycles. The number of aryl methyl sites for hydroxylation is 1. The summed E-state index contributed by atoms with van der Waals surface area (Å²) in [6.45, 7) is 1.20. The molecule has 96 valence electrons. The zero-order valence-corrected chi connectivity index (χ0v) is 10.0. The van der Waals surface area contributed by atoms with Gasteiger partial charge in [-0.25, -0.2) is 8.78 Å². The van der Waals surface area contributed by atoms with Crippen molar-refractivity contribution in [3.05, 3.63) is 47.5 Å². The van der Waals surface area contributed by atoms with Crippen molar-refractivity contribution in [1.29, 1.82) is 0 Å². The number of nitrogens with one attached hydrogen (secondary N) is 1. The minimum Gasteiger partial charge on any atom is -0.321 e. The first-order valence-electron chi connectivity index (χ1n) is 5.64. The SMILES string of the molecule is Cn1cnnc1CCNCc1ccc(F)c(F)c1. The van der Waals surface area contributed by atoms with Gasteiger partial charge in [0.1, 0.15) is 12.2 Å². The topological polar surface area (TPSA) is 42.7 Å². The molecule has 2 rings (SSSR count). The minimum atomic E-state index is -0.821. The summed E-state index contributed by atoms with van der Waals surface area (Å²) in [4.78, 5) is 0. The van der Waals surface area contributed by atoms with Gasteiger partial charge in [0.2, 0.25) is 0 Å². The van der Waals surface area contributed by atoms with Gasteiger partial charge < -0.3 is 9.88 Å². The van der Waals surface area contributed by atoms with E-state index in [2.05, 4.69) is 15.5 Å². The van der Waals surface area contributed by atoms with Crippen molar-refractivity contribution in [2.45, 2.75) is 13.0 Å². The van der Waals surface area contributed by atoms with Crippen LogP contribution in [-0.2, 0) is 20.0 Å². The Hall–Kier alpha value is -1.82. The Morgan fingerprint density at radius 1 is 1.28 bits per heavy atom. The highest BCUT2D eigenvalue weighted by molar-refractivity contribution is 5.17. The van der Waals surface area contributed by atoms with E-state index < -0.39 is 11.6 Å². The first kappa shape index (κ1) is 12.6. The molecule has 0 saturated heterocycles. The molecule has 2 aromatic rings. The van der Waals surface area contributed by atoms with Crippen molar-refractivity contribution in [3.8, 4) is 0 Å². The van der Waals surface area contributed by atoms with Gasteiger partial charge in [0.25, 0.3) is 0 Å². The number of hydrogen-bond acceptors (Lipinski definition) is 3. The first-order chi connectivity index (χ1) is 8.66. The lowest BCUT2D eigenvalue weighted by Crippen LogP contribution is -2.18. The second-order valence-corrected chi connectivity index (χ2v) is 4.03. The fraction of sp³-hybridized carbons (Fsp3) is 0.333. The van der Waals surface area contributed by atoms with Crippen LogP contribution in [0.3, 0.4) is 0 Å². The van der Waals surface area contributed by atoms with Gasteiger partial charge >= 0.3 is 0 Å². The summed E-state index contributed by atoms with van der Waals surface area (Å²) in [7, 11) is 1.88. The summed E-state index contributed by atoms with van der Waals surface area (Å²) in [5.74, 6) is -0.756. The first-order valence-corrected chi connectivity index (χ1v) is 5.64. The van der Waals surface area contributed by atoms with E-state index in [1.807, 2.05) is 11.6 Å². The van der Waals surface area contributed by atoms with E-state index in [0.717, 1.165) is 18.3 Å². The zero-order chi connectivity index (χ0) is 13.0. The normalized spacial score (nSPS) is 10.8. The highest BCUT2D eigenvalue weighted by atomic mass is 19.2. The number of nitrogens with zero attached hydrogens (tertiary/aromatic N) is 3. The van der Waals surface area contributed by atoms with E-state index in [1.165, 1.54) is 6.07 Å². The molecule has 6 heteroatoms. The average molecular weight is 252 g/mol. The summed E-state index contributed by atoms with van der Waals surface area (Å²) in [5, 5.41) is 10.9. The lowest BCUT2D eigenvalue weighted by molar-refractivity contribution is 0.506. The molecule has 0 radical (unpaired) electrons. The fourth-order valence-corrected chi connectivity index (χ4v) is 1.62. The van der Waals surface area contributed by atoms with Gasteiger partial charge in [-0.15, -0.1) is 10.2 Å². The van der Waals surface area contributed by atoms with E-state index in [4.69, 9.17) is 0 Å². The average Bonchev–Trinajstić information content (AvgIpc) is 2.75. The van der Waals surface area contributed by atoms with Crippen molar-refractivity contribution in [1.82, 2.24) is 20.1 Å². The molecule has 0 amide bonds. The van der Waals surface area contributed by atoms with Crippen LogP contribution in [0.5, 0.6) is 0 Å². The van der Waals surface area contributed by atoms with Crippen molar-refractivity contribution >= 4 is 0 Å². The monoisotopic (exact) mass is 252 g/mol. The van der Waals surface area contributed by atoms with Crippen LogP contribution < -0.4 is 5.32 Å². The molecule has 0 unspecified atom stereocenters. The third kappa shape index (κ3) is 3.10. The van der Waals surface area contributed by atoms with E-state index in [-0.39, 0.29) is 0 Å². The molecule has 0 bridgehead atoms. The van der Waals surface area contributed by atoms with Gasteiger partial charge in [0.05, 0.1) is 0 Å². The van der Waals surface area contributed by atoms with Crippen molar-refractivity contribution in [2.24, 2.45) is 7.05 Å². The second-order valence-electron chi connectivity index (χ2n) is 4.03. The van der Waals surface area contributed by atoms with Gasteiger partial charge in [-0.1, -0.05) is 6.07 Å². The van der Waals surface area contributed by atoms with Crippen LogP contribution in [0.2, 0.25) is 0 Å². The summed E-state index contributed by atoms with van der Waals surface area (Å²) in [5.41, 5.74) is 0.715. The van der Waals surface area contributed by atoms with Crippen LogP contribution >= 0.6 is 0 Å². The molecule has 18 heavy (non-hydrogen) atoms. The van der Waals surface area contributed by atoms with Crippen LogP contribution in [0.15, 0.2) is 24.5 Å². The van der Waals surface area contributed by atoms with E-state index in [0.29, 0.717) is 18.7 Å². The van der Waals surface area contributed by atoms with Gasteiger partial charge in [-0.05, 0) is 17.7 Å². The molecule has 0 aliphatic heterocycles. The third-order valence-electron chi connectivity index (χ3n) is 2.64. The quantitative estimate of drug-likeness (QED) is 0.818. The van der Waals surface area contributed by atoms with Crippen LogP contribution in [0.25, 0.3) is 0 Å². The Kier molecular flexibility index (Phi) is 3.99. The Morgan fingerprint density at radius 2 is 2.11 bits per heavy atom. The Labute approximate surface area is 104 Å². The van der Waals surface area contributed by atoms with Crippen LogP contribution in [0.4, 0.5) is 8.78 Å². The number of aromatic nitrogens is 3. The maximum Gasteiger partial charge on any atom is 0.159 e. The number of rotatable bonds is 5. The molecule has 0 saturated carbocycles. The Bertz CT molecular complexity index is 525. The van der Waals surface area contributed by atoms with Crippen molar-refractivity contribution in [2.75, 3.05) is 6.54 Å². The van der Waals surface area contributed by atoms with Gasteiger partial charge in [0.15, 0.2) is 11.6 Å². The van der Waals surface area contributed by atoms with Crippen molar-refractivity contribution in [3.63, 3.8) is 0 Å². The second kappa shape index (κ2) is 5.68. The molecule has 1 heterocycles. The predicted octanol–water partition coefficient (Wildman–Crippen LogP) is 1.43. The molecule has 1 aromatic heterocycles. The lowest BCUT2D eigenvalue weighted by Gasteiger charge is -2.05. The van der Waals surface area contributed by atoms with Crippen molar-refractivity contribution < 1.29 is 8.78 Å². The Balaban J connectivity index is 1.78. The predicted molar refractivity (Wildman–Crippen MR) is 62.8 cm³/mol. The van der Waals surface area contributed by atoms with Crippen LogP contribution in [0, 0.1) is 11.6 Å².